The molecule has 0 saturated carbocycles. The Morgan fingerprint density at radius 1 is 1.17 bits per heavy atom. The minimum atomic E-state index is -1.12. The summed E-state index contributed by atoms with van der Waals surface area (Å²) in [4.78, 5) is 23.4. The maximum absolute atomic E-state index is 13.7. The van der Waals surface area contributed by atoms with E-state index in [9.17, 15) is 19.2 Å². The Morgan fingerprint density at radius 2 is 1.93 bits per heavy atom. The van der Waals surface area contributed by atoms with Crippen molar-refractivity contribution < 1.29 is 23.5 Å². The van der Waals surface area contributed by atoms with Crippen LogP contribution in [0.3, 0.4) is 0 Å². The van der Waals surface area contributed by atoms with Crippen molar-refractivity contribution in [2.24, 2.45) is 0 Å². The van der Waals surface area contributed by atoms with Crippen LogP contribution in [0.25, 0.3) is 17.4 Å². The summed E-state index contributed by atoms with van der Waals surface area (Å²) in [6.45, 7) is 0. The molecule has 1 amide bonds. The maximum atomic E-state index is 13.7. The first-order valence-corrected chi connectivity index (χ1v) is 8.57. The molecule has 144 valence electrons. The molecule has 3 aromatic rings. The third kappa shape index (κ3) is 4.51. The first-order valence-electron chi connectivity index (χ1n) is 8.20. The molecule has 1 heterocycles. The van der Waals surface area contributed by atoms with E-state index in [-0.39, 0.29) is 33.4 Å². The second kappa shape index (κ2) is 8.42. The smallest absolute Gasteiger partial charge is 0.335 e. The highest BCUT2D eigenvalue weighted by atomic mass is 35.5. The Labute approximate surface area is 169 Å². The van der Waals surface area contributed by atoms with Crippen molar-refractivity contribution in [2.75, 3.05) is 5.32 Å². The molecule has 0 aliphatic heterocycles. The quantitative estimate of drug-likeness (QED) is 0.456. The molecule has 0 aliphatic carbocycles. The summed E-state index contributed by atoms with van der Waals surface area (Å²) in [6.07, 6.45) is 1.19. The number of nitrogens with zero attached hydrogens (tertiary/aromatic N) is 1. The first-order chi connectivity index (χ1) is 13.9. The number of para-hydroxylation sites is 1. The molecule has 8 heteroatoms. The van der Waals surface area contributed by atoms with Crippen molar-refractivity contribution in [1.82, 2.24) is 0 Å². The van der Waals surface area contributed by atoms with E-state index in [4.69, 9.17) is 21.1 Å². The third-order valence-corrected chi connectivity index (χ3v) is 4.21. The van der Waals surface area contributed by atoms with Gasteiger partial charge in [0.05, 0.1) is 16.3 Å². The fraction of sp³-hybridized carbons (Fsp3) is 0. The van der Waals surface area contributed by atoms with Crippen LogP contribution < -0.4 is 5.32 Å². The Kier molecular flexibility index (Phi) is 5.77. The number of carboxylic acid groups (broad SMARTS) is 1. The number of anilines is 1. The molecule has 1 aromatic heterocycles. The number of aromatic carboxylic acids is 1. The molecule has 3 rings (SSSR count). The predicted molar refractivity (Wildman–Crippen MR) is 105 cm³/mol. The molecule has 2 N–H and O–H groups in total. The van der Waals surface area contributed by atoms with Crippen molar-refractivity contribution in [3.63, 3.8) is 0 Å². The Balaban J connectivity index is 1.87. The second-order valence-corrected chi connectivity index (χ2v) is 6.21. The molecule has 6 nitrogen and oxygen atoms in total. The number of amides is 1. The highest BCUT2D eigenvalue weighted by Gasteiger charge is 2.15. The van der Waals surface area contributed by atoms with Gasteiger partial charge in [-0.25, -0.2) is 9.18 Å². The van der Waals surface area contributed by atoms with Crippen LogP contribution in [0.5, 0.6) is 0 Å². The van der Waals surface area contributed by atoms with Gasteiger partial charge in [-0.05, 0) is 42.5 Å². The first kappa shape index (κ1) is 19.9. The number of hydrogen-bond donors (Lipinski definition) is 2. The van der Waals surface area contributed by atoms with Gasteiger partial charge in [0.2, 0.25) is 0 Å². The number of rotatable bonds is 5. The number of carbonyl (C=O) groups is 2. The van der Waals surface area contributed by atoms with Gasteiger partial charge < -0.3 is 14.8 Å². The highest BCUT2D eigenvalue weighted by Crippen LogP contribution is 2.31. The summed E-state index contributed by atoms with van der Waals surface area (Å²) in [6, 6.07) is 14.5. The molecule has 0 spiro atoms. The number of carbonyl (C=O) groups excluding carboxylic acids is 1. The van der Waals surface area contributed by atoms with Crippen LogP contribution in [0, 0.1) is 17.1 Å². The van der Waals surface area contributed by atoms with E-state index in [0.717, 1.165) is 0 Å². The molecule has 0 bridgehead atoms. The lowest BCUT2D eigenvalue weighted by molar-refractivity contribution is -0.112. The van der Waals surface area contributed by atoms with Gasteiger partial charge in [0.25, 0.3) is 5.91 Å². The SMILES string of the molecule is N#C/C(=C/c1ccc(-c2cc(C(=O)O)ccc2Cl)o1)C(=O)Nc1ccccc1F. The van der Waals surface area contributed by atoms with E-state index in [0.29, 0.717) is 5.56 Å². The Morgan fingerprint density at radius 3 is 2.62 bits per heavy atom. The molecule has 0 atom stereocenters. The third-order valence-electron chi connectivity index (χ3n) is 3.88. The molecule has 0 radical (unpaired) electrons. The minimum Gasteiger partial charge on any atom is -0.478 e. The van der Waals surface area contributed by atoms with Gasteiger partial charge in [-0.15, -0.1) is 0 Å². The zero-order chi connectivity index (χ0) is 21.0. The summed E-state index contributed by atoms with van der Waals surface area (Å²) < 4.78 is 19.3. The van der Waals surface area contributed by atoms with Gasteiger partial charge in [-0.2, -0.15) is 5.26 Å². The van der Waals surface area contributed by atoms with E-state index >= 15 is 0 Å². The number of furan rings is 1. The van der Waals surface area contributed by atoms with Crippen LogP contribution in [0.2, 0.25) is 5.02 Å². The van der Waals surface area contributed by atoms with E-state index in [2.05, 4.69) is 5.32 Å². The van der Waals surface area contributed by atoms with Gasteiger partial charge in [-0.3, -0.25) is 4.79 Å². The lowest BCUT2D eigenvalue weighted by Gasteiger charge is -2.05. The average Bonchev–Trinajstić information content (AvgIpc) is 3.16. The Bertz CT molecular complexity index is 1180. The lowest BCUT2D eigenvalue weighted by Crippen LogP contribution is -2.14. The minimum absolute atomic E-state index is 0.0277. The molecule has 0 unspecified atom stereocenters. The maximum Gasteiger partial charge on any atom is 0.335 e. The standard InChI is InChI=1S/C21H12ClFN2O4/c22-16-7-5-12(21(27)28)10-15(16)19-8-6-14(29-19)9-13(11-24)20(26)25-18-4-2-1-3-17(18)23/h1-10H,(H,25,26)(H,27,28)/b13-9-. The Hall–Kier alpha value is -3.89. The van der Waals surface area contributed by atoms with E-state index in [1.165, 1.54) is 54.6 Å². The van der Waals surface area contributed by atoms with Gasteiger partial charge >= 0.3 is 5.97 Å². The van der Waals surface area contributed by atoms with E-state index < -0.39 is 17.7 Å². The zero-order valence-electron chi connectivity index (χ0n) is 14.6. The van der Waals surface area contributed by atoms with Crippen LogP contribution in [0.15, 0.2) is 64.6 Å². The van der Waals surface area contributed by atoms with E-state index in [1.807, 2.05) is 0 Å². The van der Waals surface area contributed by atoms with Gasteiger partial charge in [0.1, 0.15) is 29.0 Å². The van der Waals surface area contributed by atoms with Crippen molar-refractivity contribution in [3.05, 3.63) is 82.3 Å². The number of hydrogen-bond acceptors (Lipinski definition) is 4. The summed E-state index contributed by atoms with van der Waals surface area (Å²) in [5.74, 6) is -2.13. The normalized spacial score (nSPS) is 11.0. The van der Waals surface area contributed by atoms with Crippen molar-refractivity contribution >= 4 is 35.2 Å². The number of benzene rings is 2. The predicted octanol–water partition coefficient (Wildman–Crippen LogP) is 4.98. The summed E-state index contributed by atoms with van der Waals surface area (Å²) in [7, 11) is 0. The van der Waals surface area contributed by atoms with Gasteiger partial charge in [-0.1, -0.05) is 23.7 Å². The number of halogens is 2. The molecular weight excluding hydrogens is 399 g/mol. The molecule has 29 heavy (non-hydrogen) atoms. The van der Waals surface area contributed by atoms with Crippen LogP contribution in [-0.4, -0.2) is 17.0 Å². The van der Waals surface area contributed by atoms with Crippen LogP contribution >= 0.6 is 11.6 Å². The number of nitrogens with one attached hydrogen (secondary N) is 1. The van der Waals surface area contributed by atoms with Gasteiger partial charge in [0, 0.05) is 11.6 Å². The molecular formula is C21H12ClFN2O4. The van der Waals surface area contributed by atoms with Crippen molar-refractivity contribution in [3.8, 4) is 17.4 Å². The molecule has 0 aliphatic rings. The monoisotopic (exact) mass is 410 g/mol. The largest absolute Gasteiger partial charge is 0.478 e. The topological polar surface area (TPSA) is 103 Å². The lowest BCUT2D eigenvalue weighted by atomic mass is 10.1. The summed E-state index contributed by atoms with van der Waals surface area (Å²) >= 11 is 6.11. The average molecular weight is 411 g/mol. The number of nitriles is 1. The molecule has 0 saturated heterocycles. The van der Waals surface area contributed by atoms with Crippen molar-refractivity contribution in [2.45, 2.75) is 0 Å². The molecule has 0 fully saturated rings. The van der Waals surface area contributed by atoms with Crippen LogP contribution in [0.4, 0.5) is 10.1 Å². The summed E-state index contributed by atoms with van der Waals surface area (Å²) in [5.41, 5.74) is 0.0102. The van der Waals surface area contributed by atoms with E-state index in [1.54, 1.807) is 12.1 Å². The van der Waals surface area contributed by atoms with Gasteiger partial charge in [0.15, 0.2) is 0 Å². The fourth-order valence-electron chi connectivity index (χ4n) is 2.47. The second-order valence-electron chi connectivity index (χ2n) is 5.81. The summed E-state index contributed by atoms with van der Waals surface area (Å²) in [5, 5.41) is 21.0. The van der Waals surface area contributed by atoms with Crippen molar-refractivity contribution in [1.29, 1.82) is 5.26 Å². The fourth-order valence-corrected chi connectivity index (χ4v) is 2.68. The van der Waals surface area contributed by atoms with Crippen LogP contribution in [-0.2, 0) is 4.79 Å². The highest BCUT2D eigenvalue weighted by molar-refractivity contribution is 6.33. The van der Waals surface area contributed by atoms with Crippen LogP contribution in [0.1, 0.15) is 16.1 Å². The zero-order valence-corrected chi connectivity index (χ0v) is 15.4. The molecule has 2 aromatic carbocycles. The number of carboxylic acids is 1.